The standard InChI is InChI=1S/C25H29Cl2N5O6/c1-2-8-32(9-10-33)25(29-14-28)31-22(24(37)38)30-23(36)21-18(26)11-15(12-19(21)27)6-7-20(35)16-4-3-5-17(34)13-16/h3-5,11-13,20,22,33-35H,2,6-10H2,1H3,(H,29,31)(H,30,36)(H,37,38)/t20?,22-/m0/s1. The van der Waals surface area contributed by atoms with E-state index in [4.69, 9.17) is 28.5 Å². The molecule has 2 atom stereocenters. The fraction of sp³-hybridized carbons (Fsp3) is 0.360. The van der Waals surface area contributed by atoms with Gasteiger partial charge in [-0.2, -0.15) is 5.26 Å². The zero-order valence-electron chi connectivity index (χ0n) is 20.6. The first-order valence-electron chi connectivity index (χ1n) is 11.7. The second-order valence-electron chi connectivity index (χ2n) is 8.20. The average Bonchev–Trinajstić information content (AvgIpc) is 2.85. The van der Waals surface area contributed by atoms with Gasteiger partial charge in [-0.05, 0) is 54.7 Å². The summed E-state index contributed by atoms with van der Waals surface area (Å²) in [6.45, 7) is 2.04. The van der Waals surface area contributed by atoms with Crippen LogP contribution in [0.2, 0.25) is 10.0 Å². The number of benzene rings is 2. The number of guanidine groups is 1. The number of hydrogen-bond acceptors (Lipinski definition) is 7. The molecule has 0 radical (unpaired) electrons. The Bertz CT molecular complexity index is 1170. The summed E-state index contributed by atoms with van der Waals surface area (Å²) in [6, 6.07) is 9.24. The number of carboxylic acid groups (broad SMARTS) is 1. The van der Waals surface area contributed by atoms with Gasteiger partial charge in [-0.25, -0.2) is 9.79 Å². The molecule has 0 aliphatic carbocycles. The largest absolute Gasteiger partial charge is 0.508 e. The number of halogens is 2. The van der Waals surface area contributed by atoms with E-state index in [0.29, 0.717) is 30.5 Å². The van der Waals surface area contributed by atoms with Crippen molar-refractivity contribution in [3.8, 4) is 11.9 Å². The molecule has 0 saturated heterocycles. The van der Waals surface area contributed by atoms with Crippen molar-refractivity contribution in [3.05, 3.63) is 63.1 Å². The Morgan fingerprint density at radius 1 is 1.18 bits per heavy atom. The van der Waals surface area contributed by atoms with Gasteiger partial charge in [0.1, 0.15) is 5.75 Å². The summed E-state index contributed by atoms with van der Waals surface area (Å²) in [6.07, 6.45) is 0.281. The maximum absolute atomic E-state index is 12.9. The van der Waals surface area contributed by atoms with Crippen molar-refractivity contribution in [1.29, 1.82) is 5.26 Å². The van der Waals surface area contributed by atoms with Crippen LogP contribution in [0.25, 0.3) is 0 Å². The highest BCUT2D eigenvalue weighted by atomic mass is 35.5. The van der Waals surface area contributed by atoms with Crippen LogP contribution in [0.3, 0.4) is 0 Å². The van der Waals surface area contributed by atoms with E-state index >= 15 is 0 Å². The van der Waals surface area contributed by atoms with Crippen LogP contribution >= 0.6 is 23.2 Å². The molecule has 11 nitrogen and oxygen atoms in total. The van der Waals surface area contributed by atoms with E-state index in [1.165, 1.54) is 29.2 Å². The number of carbonyl (C=O) groups excluding carboxylic acids is 1. The number of nitrogens with zero attached hydrogens (tertiary/aromatic N) is 3. The number of hydrogen-bond donors (Lipinski definition) is 6. The third-order valence-electron chi connectivity index (χ3n) is 5.37. The second kappa shape index (κ2) is 15.0. The zero-order chi connectivity index (χ0) is 28.2. The Labute approximate surface area is 229 Å². The fourth-order valence-corrected chi connectivity index (χ4v) is 4.32. The molecule has 2 rings (SSSR count). The van der Waals surface area contributed by atoms with E-state index in [0.717, 1.165) is 0 Å². The van der Waals surface area contributed by atoms with Crippen molar-refractivity contribution in [2.45, 2.75) is 38.5 Å². The molecule has 0 fully saturated rings. The smallest absolute Gasteiger partial charge is 0.349 e. The first kappa shape index (κ1) is 30.7. The number of aromatic hydroxyl groups is 1. The Kier molecular flexibility index (Phi) is 12.1. The number of amides is 1. The molecule has 0 bridgehead atoms. The molecule has 0 heterocycles. The van der Waals surface area contributed by atoms with Crippen LogP contribution < -0.4 is 10.6 Å². The normalized spacial score (nSPS) is 12.8. The van der Waals surface area contributed by atoms with Crippen LogP contribution in [0.4, 0.5) is 0 Å². The van der Waals surface area contributed by atoms with Crippen LogP contribution in [-0.2, 0) is 11.2 Å². The number of aliphatic imine (C=N–C) groups is 1. The van der Waals surface area contributed by atoms with E-state index in [1.54, 1.807) is 18.3 Å². The van der Waals surface area contributed by atoms with Gasteiger partial charge in [-0.1, -0.05) is 42.3 Å². The SMILES string of the molecule is CCCN(CCO)C(=N[C@H](NC(=O)c1c(Cl)cc(CCC(O)c2cccc(O)c2)cc1Cl)C(=O)O)NC#N. The van der Waals surface area contributed by atoms with Crippen LogP contribution in [0.15, 0.2) is 41.4 Å². The third kappa shape index (κ3) is 8.78. The number of aliphatic hydroxyl groups excluding tert-OH is 2. The van der Waals surface area contributed by atoms with Gasteiger partial charge in [0.2, 0.25) is 12.1 Å². The average molecular weight is 566 g/mol. The second-order valence-corrected chi connectivity index (χ2v) is 9.01. The lowest BCUT2D eigenvalue weighted by atomic mass is 10.00. The maximum Gasteiger partial charge on any atom is 0.349 e. The molecule has 38 heavy (non-hydrogen) atoms. The number of phenols is 1. The van der Waals surface area contributed by atoms with E-state index in [-0.39, 0.29) is 46.9 Å². The van der Waals surface area contributed by atoms with Crippen LogP contribution in [0.1, 0.15) is 47.4 Å². The van der Waals surface area contributed by atoms with Crippen molar-refractivity contribution in [2.75, 3.05) is 19.7 Å². The molecule has 1 amide bonds. The number of carbonyl (C=O) groups is 2. The highest BCUT2D eigenvalue weighted by Crippen LogP contribution is 2.29. The number of nitrogens with one attached hydrogen (secondary N) is 2. The lowest BCUT2D eigenvalue weighted by Gasteiger charge is -2.24. The van der Waals surface area contributed by atoms with Gasteiger partial charge >= 0.3 is 5.97 Å². The summed E-state index contributed by atoms with van der Waals surface area (Å²) in [7, 11) is 0. The van der Waals surface area contributed by atoms with Crippen LogP contribution in [-0.4, -0.2) is 69.0 Å². The maximum atomic E-state index is 12.9. The van der Waals surface area contributed by atoms with Gasteiger partial charge in [-0.15, -0.1) is 0 Å². The predicted octanol–water partition coefficient (Wildman–Crippen LogP) is 2.64. The van der Waals surface area contributed by atoms with E-state index in [1.807, 2.05) is 6.92 Å². The summed E-state index contributed by atoms with van der Waals surface area (Å²) >= 11 is 12.6. The summed E-state index contributed by atoms with van der Waals surface area (Å²) in [5.41, 5.74) is 1.01. The first-order chi connectivity index (χ1) is 18.1. The number of aryl methyl sites for hydroxylation is 1. The number of rotatable bonds is 12. The molecule has 2 aromatic rings. The van der Waals surface area contributed by atoms with E-state index < -0.39 is 24.1 Å². The van der Waals surface area contributed by atoms with Gasteiger partial charge in [0.15, 0.2) is 6.19 Å². The Morgan fingerprint density at radius 3 is 2.42 bits per heavy atom. The van der Waals surface area contributed by atoms with Crippen molar-refractivity contribution >= 4 is 41.0 Å². The van der Waals surface area contributed by atoms with Crippen molar-refractivity contribution in [3.63, 3.8) is 0 Å². The quantitative estimate of drug-likeness (QED) is 0.0975. The molecular weight excluding hydrogens is 537 g/mol. The highest BCUT2D eigenvalue weighted by Gasteiger charge is 2.25. The molecule has 13 heteroatoms. The van der Waals surface area contributed by atoms with Gasteiger partial charge in [0.05, 0.1) is 28.3 Å². The van der Waals surface area contributed by atoms with Gasteiger partial charge < -0.3 is 30.6 Å². The van der Waals surface area contributed by atoms with E-state index in [9.17, 15) is 30.0 Å². The Balaban J connectivity index is 2.22. The zero-order valence-corrected chi connectivity index (χ0v) is 22.1. The minimum absolute atomic E-state index is 0.0340. The van der Waals surface area contributed by atoms with Crippen molar-refractivity contribution in [2.24, 2.45) is 4.99 Å². The molecule has 0 saturated carbocycles. The molecule has 2 aromatic carbocycles. The summed E-state index contributed by atoms with van der Waals surface area (Å²) < 4.78 is 0. The van der Waals surface area contributed by atoms with Gasteiger partial charge in [0.25, 0.3) is 5.91 Å². The monoisotopic (exact) mass is 565 g/mol. The highest BCUT2D eigenvalue weighted by molar-refractivity contribution is 6.39. The van der Waals surface area contributed by atoms with E-state index in [2.05, 4.69) is 15.6 Å². The topological polar surface area (TPSA) is 179 Å². The predicted molar refractivity (Wildman–Crippen MR) is 142 cm³/mol. The molecule has 204 valence electrons. The summed E-state index contributed by atoms with van der Waals surface area (Å²) in [4.78, 5) is 30.2. The van der Waals surface area contributed by atoms with Gasteiger partial charge in [-0.3, -0.25) is 10.1 Å². The first-order valence-corrected chi connectivity index (χ1v) is 12.4. The molecular formula is C25H29Cl2N5O6. The van der Waals surface area contributed by atoms with Crippen LogP contribution in [0.5, 0.6) is 5.75 Å². The minimum atomic E-state index is -1.79. The van der Waals surface area contributed by atoms with Gasteiger partial charge in [0, 0.05) is 13.1 Å². The number of carboxylic acids is 1. The van der Waals surface area contributed by atoms with Crippen molar-refractivity contribution < 1.29 is 30.0 Å². The third-order valence-corrected chi connectivity index (χ3v) is 5.97. The molecule has 0 aliphatic rings. The molecule has 0 aromatic heterocycles. The fourth-order valence-electron chi connectivity index (χ4n) is 3.61. The number of nitriles is 1. The Morgan fingerprint density at radius 2 is 1.87 bits per heavy atom. The minimum Gasteiger partial charge on any atom is -0.508 e. The Hall–Kier alpha value is -3.56. The van der Waals surface area contributed by atoms with Crippen molar-refractivity contribution in [1.82, 2.24) is 15.5 Å². The molecule has 1 unspecified atom stereocenters. The lowest BCUT2D eigenvalue weighted by Crippen LogP contribution is -2.46. The lowest BCUT2D eigenvalue weighted by molar-refractivity contribution is -0.139. The summed E-state index contributed by atoms with van der Waals surface area (Å²) in [5, 5.41) is 52.4. The van der Waals surface area contributed by atoms with Crippen LogP contribution in [0, 0.1) is 11.5 Å². The number of aliphatic hydroxyl groups is 2. The number of aliphatic carboxylic acids is 1. The molecule has 6 N–H and O–H groups in total. The molecule has 0 aliphatic heterocycles. The molecule has 0 spiro atoms. The number of phenolic OH excluding ortho intramolecular Hbond substituents is 1. The summed E-state index contributed by atoms with van der Waals surface area (Å²) in [5.74, 6) is -2.49.